The molecular formula is C12H13N3O2. The van der Waals surface area contributed by atoms with Gasteiger partial charge in [0.25, 0.3) is 0 Å². The van der Waals surface area contributed by atoms with Crippen LogP contribution in [0.5, 0.6) is 11.5 Å². The molecule has 0 bridgehead atoms. The maximum absolute atomic E-state index is 5.33. The van der Waals surface area contributed by atoms with Crippen LogP contribution in [0.1, 0.15) is 11.3 Å². The largest absolute Gasteiger partial charge is 0.454 e. The first-order chi connectivity index (χ1) is 8.42. The van der Waals surface area contributed by atoms with Gasteiger partial charge in [0.05, 0.1) is 6.33 Å². The van der Waals surface area contributed by atoms with E-state index in [-0.39, 0.29) is 0 Å². The van der Waals surface area contributed by atoms with E-state index >= 15 is 0 Å². The Morgan fingerprint density at radius 2 is 2.18 bits per heavy atom. The first kappa shape index (κ1) is 10.2. The number of imidazole rings is 1. The molecule has 2 heterocycles. The summed E-state index contributed by atoms with van der Waals surface area (Å²) in [5, 5.41) is 3.33. The number of hydrogen-bond donors (Lipinski definition) is 2. The van der Waals surface area contributed by atoms with Gasteiger partial charge in [-0.05, 0) is 17.7 Å². The van der Waals surface area contributed by atoms with Gasteiger partial charge in [0.2, 0.25) is 6.79 Å². The quantitative estimate of drug-likeness (QED) is 0.835. The molecule has 0 amide bonds. The summed E-state index contributed by atoms with van der Waals surface area (Å²) < 4.78 is 10.6. The van der Waals surface area contributed by atoms with Gasteiger partial charge in [-0.15, -0.1) is 0 Å². The van der Waals surface area contributed by atoms with Crippen molar-refractivity contribution in [2.75, 3.05) is 6.79 Å². The number of fused-ring (bicyclic) bond motifs is 1. The molecule has 1 aliphatic rings. The molecule has 0 spiro atoms. The molecule has 2 N–H and O–H groups in total. The first-order valence-electron chi connectivity index (χ1n) is 5.48. The Morgan fingerprint density at radius 3 is 3.06 bits per heavy atom. The molecule has 3 rings (SSSR count). The van der Waals surface area contributed by atoms with Gasteiger partial charge < -0.3 is 19.8 Å². The minimum absolute atomic E-state index is 0.320. The van der Waals surface area contributed by atoms with Gasteiger partial charge in [0.1, 0.15) is 0 Å². The van der Waals surface area contributed by atoms with Crippen LogP contribution in [0, 0.1) is 0 Å². The van der Waals surface area contributed by atoms with Crippen LogP contribution in [-0.2, 0) is 13.1 Å². The predicted molar refractivity (Wildman–Crippen MR) is 61.7 cm³/mol. The van der Waals surface area contributed by atoms with Gasteiger partial charge in [-0.1, -0.05) is 6.07 Å². The van der Waals surface area contributed by atoms with Crippen LogP contribution in [0.25, 0.3) is 0 Å². The average molecular weight is 231 g/mol. The molecule has 0 atom stereocenters. The van der Waals surface area contributed by atoms with E-state index < -0.39 is 0 Å². The summed E-state index contributed by atoms with van der Waals surface area (Å²) in [7, 11) is 0. The van der Waals surface area contributed by atoms with Gasteiger partial charge >= 0.3 is 0 Å². The third-order valence-corrected chi connectivity index (χ3v) is 2.64. The Balaban J connectivity index is 1.58. The lowest BCUT2D eigenvalue weighted by atomic mass is 10.2. The normalized spacial score (nSPS) is 12.9. The number of ether oxygens (including phenoxy) is 2. The lowest BCUT2D eigenvalue weighted by Gasteiger charge is -2.04. The Bertz CT molecular complexity index is 496. The standard InChI is InChI=1S/C12H13N3O2/c1-2-11-12(17-8-16-11)3-9(1)4-13-5-10-6-14-7-15-10/h1-3,6-7,13H,4-5,8H2,(H,14,15). The number of H-pyrrole nitrogens is 1. The highest BCUT2D eigenvalue weighted by atomic mass is 16.7. The van der Waals surface area contributed by atoms with Crippen LogP contribution in [0.4, 0.5) is 0 Å². The number of aromatic amines is 1. The topological polar surface area (TPSA) is 59.2 Å². The molecule has 88 valence electrons. The molecule has 0 saturated heterocycles. The minimum atomic E-state index is 0.320. The number of rotatable bonds is 4. The summed E-state index contributed by atoms with van der Waals surface area (Å²) in [5.41, 5.74) is 2.25. The lowest BCUT2D eigenvalue weighted by molar-refractivity contribution is 0.174. The Kier molecular flexibility index (Phi) is 2.67. The van der Waals surface area contributed by atoms with Crippen molar-refractivity contribution in [1.29, 1.82) is 0 Å². The summed E-state index contributed by atoms with van der Waals surface area (Å²) in [6.07, 6.45) is 3.49. The van der Waals surface area contributed by atoms with E-state index in [0.717, 1.165) is 30.3 Å². The fourth-order valence-electron chi connectivity index (χ4n) is 1.77. The van der Waals surface area contributed by atoms with Crippen molar-refractivity contribution in [2.45, 2.75) is 13.1 Å². The van der Waals surface area contributed by atoms with E-state index in [2.05, 4.69) is 15.3 Å². The second-order valence-electron chi connectivity index (χ2n) is 3.87. The predicted octanol–water partition coefficient (Wildman–Crippen LogP) is 1.43. The molecule has 1 aromatic heterocycles. The maximum atomic E-state index is 5.33. The summed E-state index contributed by atoms with van der Waals surface area (Å²) >= 11 is 0. The molecule has 2 aromatic rings. The van der Waals surface area contributed by atoms with Crippen LogP contribution in [0.3, 0.4) is 0 Å². The molecule has 1 aromatic carbocycles. The van der Waals surface area contributed by atoms with Gasteiger partial charge in [0.15, 0.2) is 11.5 Å². The Morgan fingerprint density at radius 1 is 1.24 bits per heavy atom. The fourth-order valence-corrected chi connectivity index (χ4v) is 1.77. The average Bonchev–Trinajstić information content (AvgIpc) is 2.98. The monoisotopic (exact) mass is 231 g/mol. The van der Waals surface area contributed by atoms with Crippen molar-refractivity contribution < 1.29 is 9.47 Å². The third-order valence-electron chi connectivity index (χ3n) is 2.64. The second kappa shape index (κ2) is 4.47. The molecule has 5 heteroatoms. The van der Waals surface area contributed by atoms with Crippen molar-refractivity contribution in [2.24, 2.45) is 0 Å². The summed E-state index contributed by atoms with van der Waals surface area (Å²) in [4.78, 5) is 7.01. The van der Waals surface area contributed by atoms with E-state index in [1.807, 2.05) is 24.4 Å². The van der Waals surface area contributed by atoms with Crippen molar-refractivity contribution in [3.8, 4) is 11.5 Å². The second-order valence-corrected chi connectivity index (χ2v) is 3.87. The van der Waals surface area contributed by atoms with Crippen molar-refractivity contribution in [3.63, 3.8) is 0 Å². The van der Waals surface area contributed by atoms with E-state index in [0.29, 0.717) is 6.79 Å². The van der Waals surface area contributed by atoms with E-state index in [4.69, 9.17) is 9.47 Å². The highest BCUT2D eigenvalue weighted by Crippen LogP contribution is 2.32. The number of nitrogens with zero attached hydrogens (tertiary/aromatic N) is 1. The zero-order chi connectivity index (χ0) is 11.5. The zero-order valence-electron chi connectivity index (χ0n) is 9.27. The van der Waals surface area contributed by atoms with E-state index in [1.54, 1.807) is 6.33 Å². The molecule has 5 nitrogen and oxygen atoms in total. The zero-order valence-corrected chi connectivity index (χ0v) is 9.27. The van der Waals surface area contributed by atoms with Crippen molar-refractivity contribution >= 4 is 0 Å². The number of aromatic nitrogens is 2. The highest BCUT2D eigenvalue weighted by Gasteiger charge is 2.12. The van der Waals surface area contributed by atoms with Gasteiger partial charge in [-0.2, -0.15) is 0 Å². The minimum Gasteiger partial charge on any atom is -0.454 e. The summed E-state index contributed by atoms with van der Waals surface area (Å²) in [5.74, 6) is 1.65. The van der Waals surface area contributed by atoms with Crippen molar-refractivity contribution in [1.82, 2.24) is 15.3 Å². The third kappa shape index (κ3) is 2.24. The van der Waals surface area contributed by atoms with E-state index in [1.165, 1.54) is 5.56 Å². The van der Waals surface area contributed by atoms with Crippen LogP contribution in [0.2, 0.25) is 0 Å². The molecular weight excluding hydrogens is 218 g/mol. The molecule has 0 radical (unpaired) electrons. The van der Waals surface area contributed by atoms with E-state index in [9.17, 15) is 0 Å². The Hall–Kier alpha value is -2.01. The summed E-state index contributed by atoms with van der Waals surface area (Å²) in [6, 6.07) is 5.98. The summed E-state index contributed by atoms with van der Waals surface area (Å²) in [6.45, 7) is 1.88. The lowest BCUT2D eigenvalue weighted by Crippen LogP contribution is -2.12. The molecule has 0 fully saturated rings. The molecule has 0 saturated carbocycles. The number of hydrogen-bond acceptors (Lipinski definition) is 4. The molecule has 0 unspecified atom stereocenters. The Labute approximate surface area is 98.8 Å². The van der Waals surface area contributed by atoms with Gasteiger partial charge in [0, 0.05) is 25.0 Å². The molecule has 17 heavy (non-hydrogen) atoms. The van der Waals surface area contributed by atoms with Crippen molar-refractivity contribution in [3.05, 3.63) is 42.0 Å². The van der Waals surface area contributed by atoms with Gasteiger partial charge in [-0.25, -0.2) is 4.98 Å². The van der Waals surface area contributed by atoms with Crippen LogP contribution >= 0.6 is 0 Å². The number of benzene rings is 1. The number of nitrogens with one attached hydrogen (secondary N) is 2. The van der Waals surface area contributed by atoms with Crippen LogP contribution in [0.15, 0.2) is 30.7 Å². The van der Waals surface area contributed by atoms with Gasteiger partial charge in [-0.3, -0.25) is 0 Å². The highest BCUT2D eigenvalue weighted by molar-refractivity contribution is 5.44. The first-order valence-corrected chi connectivity index (χ1v) is 5.48. The molecule has 1 aliphatic heterocycles. The maximum Gasteiger partial charge on any atom is 0.231 e. The van der Waals surface area contributed by atoms with Crippen LogP contribution < -0.4 is 14.8 Å². The fraction of sp³-hybridized carbons (Fsp3) is 0.250. The van der Waals surface area contributed by atoms with Crippen LogP contribution in [-0.4, -0.2) is 16.8 Å². The smallest absolute Gasteiger partial charge is 0.231 e. The molecule has 0 aliphatic carbocycles. The SMILES string of the molecule is c1ncc(CNCc2ccc3c(c2)OCO3)[nH]1.